The van der Waals surface area contributed by atoms with Crippen LogP contribution in [0.2, 0.25) is 0 Å². The first-order valence-electron chi connectivity index (χ1n) is 9.30. The number of carbonyl (C=O) groups is 4. The van der Waals surface area contributed by atoms with Gasteiger partial charge in [-0.2, -0.15) is 0 Å². The van der Waals surface area contributed by atoms with Crippen molar-refractivity contribution in [3.8, 4) is 0 Å². The highest BCUT2D eigenvalue weighted by atomic mass is 16.4. The third-order valence-corrected chi connectivity index (χ3v) is 4.28. The van der Waals surface area contributed by atoms with E-state index in [-0.39, 0.29) is 11.8 Å². The van der Waals surface area contributed by atoms with Crippen LogP contribution in [-0.4, -0.2) is 53.0 Å². The highest BCUT2D eigenvalue weighted by Crippen LogP contribution is 2.11. The molecule has 0 aromatic rings. The Bertz CT molecular complexity index is 536. The topological polar surface area (TPSA) is 151 Å². The smallest absolute Gasteiger partial charge is 0.325 e. The van der Waals surface area contributed by atoms with Crippen molar-refractivity contribution >= 4 is 23.7 Å². The molecule has 0 aromatic heterocycles. The van der Waals surface area contributed by atoms with Crippen molar-refractivity contribution in [3.63, 3.8) is 0 Å². The van der Waals surface area contributed by atoms with Crippen molar-refractivity contribution in [2.45, 2.75) is 78.6 Å². The van der Waals surface area contributed by atoms with E-state index >= 15 is 0 Å². The molecule has 0 spiro atoms. The second kappa shape index (κ2) is 11.5. The minimum Gasteiger partial charge on any atom is -0.480 e. The Balaban J connectivity index is 5.33. The minimum atomic E-state index is -1.17. The van der Waals surface area contributed by atoms with E-state index in [2.05, 4.69) is 16.0 Å². The molecule has 0 saturated heterocycles. The number of carbonyl (C=O) groups excluding carboxylic acids is 3. The third-order valence-electron chi connectivity index (χ3n) is 4.28. The number of nitrogens with one attached hydrogen (secondary N) is 3. The average Bonchev–Trinajstić information content (AvgIpc) is 2.57. The molecule has 0 rings (SSSR count). The maximum Gasteiger partial charge on any atom is 0.325 e. The molecule has 0 aliphatic rings. The Hall–Kier alpha value is -2.16. The van der Waals surface area contributed by atoms with Gasteiger partial charge in [-0.25, -0.2) is 0 Å². The molecule has 0 saturated carbocycles. The second-order valence-electron chi connectivity index (χ2n) is 7.42. The summed E-state index contributed by atoms with van der Waals surface area (Å²) in [6.07, 6.45) is 0.978. The van der Waals surface area contributed by atoms with E-state index in [4.69, 9.17) is 10.8 Å². The van der Waals surface area contributed by atoms with E-state index in [1.165, 1.54) is 13.8 Å². The molecular weight excluding hydrogens is 352 g/mol. The number of hydrogen-bond acceptors (Lipinski definition) is 5. The van der Waals surface area contributed by atoms with E-state index in [1.807, 2.05) is 20.8 Å². The van der Waals surface area contributed by atoms with Gasteiger partial charge in [-0.15, -0.1) is 0 Å². The lowest BCUT2D eigenvalue weighted by molar-refractivity contribution is -0.142. The Labute approximate surface area is 160 Å². The zero-order chi connectivity index (χ0) is 21.3. The van der Waals surface area contributed by atoms with Gasteiger partial charge in [0.1, 0.15) is 18.1 Å². The summed E-state index contributed by atoms with van der Waals surface area (Å²) >= 11 is 0. The van der Waals surface area contributed by atoms with Gasteiger partial charge in [0.05, 0.1) is 6.04 Å². The second-order valence-corrected chi connectivity index (χ2v) is 7.42. The SMILES string of the molecule is CCC(C)C(NC(=O)C(CC(C)C)NC(=O)C(C)N)C(=O)NC(C)C(=O)O. The Morgan fingerprint density at radius 3 is 1.85 bits per heavy atom. The lowest BCUT2D eigenvalue weighted by Crippen LogP contribution is -2.58. The molecule has 0 fully saturated rings. The molecule has 0 aliphatic carbocycles. The molecular formula is C18H34N4O5. The van der Waals surface area contributed by atoms with Crippen LogP contribution in [0.25, 0.3) is 0 Å². The molecule has 27 heavy (non-hydrogen) atoms. The maximum atomic E-state index is 12.7. The number of amides is 3. The van der Waals surface area contributed by atoms with Crippen LogP contribution in [0.3, 0.4) is 0 Å². The summed E-state index contributed by atoms with van der Waals surface area (Å²) in [5.41, 5.74) is 5.55. The van der Waals surface area contributed by atoms with Crippen LogP contribution in [0.1, 0.15) is 54.4 Å². The van der Waals surface area contributed by atoms with E-state index in [0.29, 0.717) is 12.8 Å². The quantitative estimate of drug-likeness (QED) is 0.337. The lowest BCUT2D eigenvalue weighted by Gasteiger charge is -2.28. The number of carboxylic acids is 1. The van der Waals surface area contributed by atoms with Crippen LogP contribution in [-0.2, 0) is 19.2 Å². The van der Waals surface area contributed by atoms with Gasteiger partial charge in [0.2, 0.25) is 17.7 Å². The number of hydrogen-bond donors (Lipinski definition) is 5. The highest BCUT2D eigenvalue weighted by Gasteiger charge is 2.31. The number of nitrogens with two attached hydrogens (primary N) is 1. The van der Waals surface area contributed by atoms with Crippen LogP contribution >= 0.6 is 0 Å². The number of aliphatic carboxylic acids is 1. The first-order chi connectivity index (χ1) is 12.4. The van der Waals surface area contributed by atoms with Gasteiger partial charge in [0.25, 0.3) is 0 Å². The third kappa shape index (κ3) is 8.85. The molecule has 9 heteroatoms. The fourth-order valence-electron chi connectivity index (χ4n) is 2.33. The zero-order valence-electron chi connectivity index (χ0n) is 17.0. The summed E-state index contributed by atoms with van der Waals surface area (Å²) in [4.78, 5) is 48.1. The Morgan fingerprint density at radius 1 is 0.889 bits per heavy atom. The van der Waals surface area contributed by atoms with E-state index < -0.39 is 47.9 Å². The molecule has 0 radical (unpaired) electrons. The molecule has 3 amide bonds. The van der Waals surface area contributed by atoms with Crippen molar-refractivity contribution < 1.29 is 24.3 Å². The van der Waals surface area contributed by atoms with Gasteiger partial charge in [0.15, 0.2) is 0 Å². The molecule has 0 heterocycles. The fourth-order valence-corrected chi connectivity index (χ4v) is 2.33. The molecule has 0 aliphatic heterocycles. The maximum absolute atomic E-state index is 12.7. The summed E-state index contributed by atoms with van der Waals surface area (Å²) in [5, 5.41) is 16.6. The van der Waals surface area contributed by atoms with Crippen molar-refractivity contribution in [2.24, 2.45) is 17.6 Å². The van der Waals surface area contributed by atoms with E-state index in [9.17, 15) is 19.2 Å². The van der Waals surface area contributed by atoms with Crippen LogP contribution < -0.4 is 21.7 Å². The first-order valence-corrected chi connectivity index (χ1v) is 9.30. The van der Waals surface area contributed by atoms with Crippen molar-refractivity contribution in [2.75, 3.05) is 0 Å². The molecule has 0 aromatic carbocycles. The molecule has 5 atom stereocenters. The summed E-state index contributed by atoms with van der Waals surface area (Å²) in [7, 11) is 0. The van der Waals surface area contributed by atoms with Crippen molar-refractivity contribution in [1.82, 2.24) is 16.0 Å². The minimum absolute atomic E-state index is 0.122. The van der Waals surface area contributed by atoms with Gasteiger partial charge in [-0.3, -0.25) is 19.2 Å². The van der Waals surface area contributed by atoms with Gasteiger partial charge in [-0.05, 0) is 32.1 Å². The van der Waals surface area contributed by atoms with Crippen molar-refractivity contribution in [3.05, 3.63) is 0 Å². The van der Waals surface area contributed by atoms with Gasteiger partial charge in [-0.1, -0.05) is 34.1 Å². The summed E-state index contributed by atoms with van der Waals surface area (Å²) in [6.45, 7) is 10.3. The Kier molecular flexibility index (Phi) is 10.6. The van der Waals surface area contributed by atoms with E-state index in [1.54, 1.807) is 6.92 Å². The lowest BCUT2D eigenvalue weighted by atomic mass is 9.96. The zero-order valence-corrected chi connectivity index (χ0v) is 17.0. The largest absolute Gasteiger partial charge is 0.480 e. The fraction of sp³-hybridized carbons (Fsp3) is 0.778. The average molecular weight is 386 g/mol. The summed E-state index contributed by atoms with van der Waals surface area (Å²) < 4.78 is 0. The van der Waals surface area contributed by atoms with Crippen molar-refractivity contribution in [1.29, 1.82) is 0 Å². The first kappa shape index (κ1) is 24.8. The standard InChI is InChI=1S/C18H34N4O5/c1-7-10(4)14(17(25)20-12(6)18(26)27)22-16(24)13(8-9(2)3)21-15(23)11(5)19/h9-14H,7-8,19H2,1-6H3,(H,20,25)(H,21,23)(H,22,24)(H,26,27). The summed E-state index contributed by atoms with van der Waals surface area (Å²) in [5.74, 6) is -2.80. The molecule has 5 unspecified atom stereocenters. The highest BCUT2D eigenvalue weighted by molar-refractivity contribution is 5.94. The van der Waals surface area contributed by atoms with Crippen LogP contribution in [0, 0.1) is 11.8 Å². The predicted molar refractivity (Wildman–Crippen MR) is 102 cm³/mol. The molecule has 0 bridgehead atoms. The van der Waals surface area contributed by atoms with Crippen LogP contribution in [0.15, 0.2) is 0 Å². The number of rotatable bonds is 11. The molecule has 6 N–H and O–H groups in total. The molecule has 156 valence electrons. The predicted octanol–water partition coefficient (Wildman–Crippen LogP) is -0.0153. The Morgan fingerprint density at radius 2 is 1.44 bits per heavy atom. The summed E-state index contributed by atoms with van der Waals surface area (Å²) in [6, 6.07) is -3.59. The molecule has 9 nitrogen and oxygen atoms in total. The number of carboxylic acid groups (broad SMARTS) is 1. The van der Waals surface area contributed by atoms with Gasteiger partial charge in [0, 0.05) is 0 Å². The van der Waals surface area contributed by atoms with Crippen LogP contribution in [0.5, 0.6) is 0 Å². The normalized spacial score (nSPS) is 16.6. The van der Waals surface area contributed by atoms with Gasteiger partial charge >= 0.3 is 5.97 Å². The van der Waals surface area contributed by atoms with E-state index in [0.717, 1.165) is 0 Å². The van der Waals surface area contributed by atoms with Crippen LogP contribution in [0.4, 0.5) is 0 Å². The van der Waals surface area contributed by atoms with Gasteiger partial charge < -0.3 is 26.8 Å². The monoisotopic (exact) mass is 386 g/mol.